The highest BCUT2D eigenvalue weighted by molar-refractivity contribution is 8.00. The molecule has 2 unspecified atom stereocenters. The molecule has 0 fully saturated rings. The Balaban J connectivity index is 3.72. The molecule has 1 amide bonds. The van der Waals surface area contributed by atoms with Crippen LogP contribution in [0, 0.1) is 0 Å². The van der Waals surface area contributed by atoms with Crippen LogP contribution in [-0.4, -0.2) is 42.6 Å². The molecule has 18 heavy (non-hydrogen) atoms. The van der Waals surface area contributed by atoms with E-state index in [9.17, 15) is 9.59 Å². The SMILES string of the molecule is CCCCNC(=O)C(C)SCCC(N)C(=O)OC. The molecule has 5 nitrogen and oxygen atoms in total. The number of hydrogen-bond acceptors (Lipinski definition) is 5. The quantitative estimate of drug-likeness (QED) is 0.483. The lowest BCUT2D eigenvalue weighted by Gasteiger charge is -2.13. The third-order valence-electron chi connectivity index (χ3n) is 2.50. The molecule has 6 heteroatoms. The zero-order valence-corrected chi connectivity index (χ0v) is 12.2. The maximum Gasteiger partial charge on any atom is 0.322 e. The van der Waals surface area contributed by atoms with Gasteiger partial charge in [-0.15, -0.1) is 11.8 Å². The topological polar surface area (TPSA) is 81.4 Å². The van der Waals surface area contributed by atoms with Gasteiger partial charge in [-0.25, -0.2) is 0 Å². The van der Waals surface area contributed by atoms with Gasteiger partial charge in [0.1, 0.15) is 6.04 Å². The van der Waals surface area contributed by atoms with E-state index in [4.69, 9.17) is 5.73 Å². The van der Waals surface area contributed by atoms with Gasteiger partial charge in [-0.3, -0.25) is 9.59 Å². The van der Waals surface area contributed by atoms with Crippen LogP contribution in [0.25, 0.3) is 0 Å². The number of ether oxygens (including phenoxy) is 1. The van der Waals surface area contributed by atoms with E-state index < -0.39 is 12.0 Å². The normalized spacial score (nSPS) is 13.8. The van der Waals surface area contributed by atoms with Crippen LogP contribution in [0.4, 0.5) is 0 Å². The van der Waals surface area contributed by atoms with Gasteiger partial charge in [0.15, 0.2) is 0 Å². The van der Waals surface area contributed by atoms with Crippen molar-refractivity contribution in [2.45, 2.75) is 44.4 Å². The van der Waals surface area contributed by atoms with E-state index >= 15 is 0 Å². The van der Waals surface area contributed by atoms with E-state index in [0.717, 1.165) is 19.4 Å². The number of unbranched alkanes of at least 4 members (excludes halogenated alkanes) is 1. The number of hydrogen-bond donors (Lipinski definition) is 2. The summed E-state index contributed by atoms with van der Waals surface area (Å²) in [5.41, 5.74) is 5.60. The number of amides is 1. The van der Waals surface area contributed by atoms with Crippen LogP contribution in [0.15, 0.2) is 0 Å². The fourth-order valence-corrected chi connectivity index (χ4v) is 2.23. The summed E-state index contributed by atoms with van der Waals surface area (Å²) in [6.07, 6.45) is 2.58. The minimum absolute atomic E-state index is 0.0417. The summed E-state index contributed by atoms with van der Waals surface area (Å²) in [5.74, 6) is 0.300. The molecular formula is C12H24N2O3S. The monoisotopic (exact) mass is 276 g/mol. The van der Waals surface area contributed by atoms with Crippen LogP contribution in [0.3, 0.4) is 0 Å². The smallest absolute Gasteiger partial charge is 0.322 e. The molecule has 0 aromatic rings. The van der Waals surface area contributed by atoms with E-state index in [-0.39, 0.29) is 11.2 Å². The summed E-state index contributed by atoms with van der Waals surface area (Å²) in [6, 6.07) is -0.599. The predicted molar refractivity (Wildman–Crippen MR) is 74.4 cm³/mol. The lowest BCUT2D eigenvalue weighted by Crippen LogP contribution is -2.34. The fraction of sp³-hybridized carbons (Fsp3) is 0.833. The van der Waals surface area contributed by atoms with Gasteiger partial charge in [-0.05, 0) is 25.5 Å². The number of esters is 1. The molecule has 0 rings (SSSR count). The Labute approximate surface area is 113 Å². The number of nitrogens with one attached hydrogen (secondary N) is 1. The van der Waals surface area contributed by atoms with Crippen LogP contribution in [0.2, 0.25) is 0 Å². The molecule has 0 heterocycles. The Morgan fingerprint density at radius 2 is 2.11 bits per heavy atom. The Morgan fingerprint density at radius 3 is 2.67 bits per heavy atom. The van der Waals surface area contributed by atoms with Crippen LogP contribution in [-0.2, 0) is 14.3 Å². The maximum atomic E-state index is 11.6. The highest BCUT2D eigenvalue weighted by Gasteiger charge is 2.16. The van der Waals surface area contributed by atoms with Crippen LogP contribution in [0.1, 0.15) is 33.1 Å². The van der Waals surface area contributed by atoms with Crippen molar-refractivity contribution in [2.24, 2.45) is 5.73 Å². The van der Waals surface area contributed by atoms with Crippen molar-refractivity contribution in [2.75, 3.05) is 19.4 Å². The van der Waals surface area contributed by atoms with Gasteiger partial charge in [0, 0.05) is 6.54 Å². The summed E-state index contributed by atoms with van der Waals surface area (Å²) in [7, 11) is 1.32. The predicted octanol–water partition coefficient (Wildman–Crippen LogP) is 0.915. The lowest BCUT2D eigenvalue weighted by molar-refractivity contribution is -0.142. The first-order chi connectivity index (χ1) is 8.52. The van der Waals surface area contributed by atoms with Gasteiger partial charge >= 0.3 is 5.97 Å². The van der Waals surface area contributed by atoms with Crippen molar-refractivity contribution >= 4 is 23.6 Å². The third kappa shape index (κ3) is 7.55. The molecule has 0 radical (unpaired) electrons. The largest absolute Gasteiger partial charge is 0.468 e. The Bertz CT molecular complexity index is 262. The fourth-order valence-electron chi connectivity index (χ4n) is 1.25. The Kier molecular flexibility index (Phi) is 9.77. The van der Waals surface area contributed by atoms with Gasteiger partial charge in [-0.2, -0.15) is 0 Å². The molecule has 0 aliphatic rings. The molecule has 2 atom stereocenters. The zero-order chi connectivity index (χ0) is 14.0. The maximum absolute atomic E-state index is 11.6. The van der Waals surface area contributed by atoms with Gasteiger partial charge in [-0.1, -0.05) is 13.3 Å². The molecule has 0 aliphatic heterocycles. The van der Waals surface area contributed by atoms with Crippen LogP contribution in [0.5, 0.6) is 0 Å². The third-order valence-corrected chi connectivity index (χ3v) is 3.68. The summed E-state index contributed by atoms with van der Waals surface area (Å²) < 4.78 is 4.53. The summed E-state index contributed by atoms with van der Waals surface area (Å²) in [4.78, 5) is 22.7. The molecule has 3 N–H and O–H groups in total. The summed E-state index contributed by atoms with van der Waals surface area (Å²) in [6.45, 7) is 4.66. The molecule has 0 aromatic heterocycles. The van der Waals surface area contributed by atoms with E-state index in [2.05, 4.69) is 17.0 Å². The van der Waals surface area contributed by atoms with Crippen molar-refractivity contribution in [3.63, 3.8) is 0 Å². The number of nitrogens with two attached hydrogens (primary N) is 1. The van der Waals surface area contributed by atoms with E-state index in [0.29, 0.717) is 12.2 Å². The van der Waals surface area contributed by atoms with Crippen molar-refractivity contribution in [3.05, 3.63) is 0 Å². The van der Waals surface area contributed by atoms with E-state index in [1.165, 1.54) is 18.9 Å². The van der Waals surface area contributed by atoms with Crippen LogP contribution < -0.4 is 11.1 Å². The number of methoxy groups -OCH3 is 1. The molecule has 106 valence electrons. The average molecular weight is 276 g/mol. The molecule has 0 spiro atoms. The lowest BCUT2D eigenvalue weighted by atomic mass is 10.2. The minimum atomic E-state index is -0.599. The minimum Gasteiger partial charge on any atom is -0.468 e. The van der Waals surface area contributed by atoms with Crippen LogP contribution >= 0.6 is 11.8 Å². The second-order valence-corrected chi connectivity index (χ2v) is 5.52. The molecule has 0 saturated heterocycles. The zero-order valence-electron chi connectivity index (χ0n) is 11.4. The summed E-state index contributed by atoms with van der Waals surface area (Å²) >= 11 is 1.50. The first kappa shape index (κ1) is 17.2. The molecular weight excluding hydrogens is 252 g/mol. The van der Waals surface area contributed by atoms with Gasteiger partial charge < -0.3 is 15.8 Å². The number of thioether (sulfide) groups is 1. The summed E-state index contributed by atoms with van der Waals surface area (Å²) in [5, 5.41) is 2.75. The number of carbonyl (C=O) groups is 2. The second-order valence-electron chi connectivity index (χ2n) is 4.08. The Hall–Kier alpha value is -0.750. The van der Waals surface area contributed by atoms with E-state index in [1.807, 2.05) is 6.92 Å². The standard InChI is InChI=1S/C12H24N2O3S/c1-4-5-7-14-11(15)9(2)18-8-6-10(13)12(16)17-3/h9-10H,4-8,13H2,1-3H3,(H,14,15). The highest BCUT2D eigenvalue weighted by atomic mass is 32.2. The highest BCUT2D eigenvalue weighted by Crippen LogP contribution is 2.12. The van der Waals surface area contributed by atoms with E-state index in [1.54, 1.807) is 0 Å². The molecule has 0 aromatic carbocycles. The van der Waals surface area contributed by atoms with Crippen molar-refractivity contribution in [1.29, 1.82) is 0 Å². The second kappa shape index (κ2) is 10.2. The first-order valence-corrected chi connectivity index (χ1v) is 7.30. The van der Waals surface area contributed by atoms with Crippen molar-refractivity contribution in [3.8, 4) is 0 Å². The molecule has 0 saturated carbocycles. The number of rotatable bonds is 9. The van der Waals surface area contributed by atoms with Gasteiger partial charge in [0.2, 0.25) is 5.91 Å². The molecule has 0 bridgehead atoms. The van der Waals surface area contributed by atoms with Gasteiger partial charge in [0.05, 0.1) is 12.4 Å². The van der Waals surface area contributed by atoms with Gasteiger partial charge in [0.25, 0.3) is 0 Å². The first-order valence-electron chi connectivity index (χ1n) is 6.25. The number of carbonyl (C=O) groups excluding carboxylic acids is 2. The molecule has 0 aliphatic carbocycles. The van der Waals surface area contributed by atoms with Crippen molar-refractivity contribution in [1.82, 2.24) is 5.32 Å². The Morgan fingerprint density at radius 1 is 1.44 bits per heavy atom. The average Bonchev–Trinajstić information content (AvgIpc) is 2.37. The van der Waals surface area contributed by atoms with Crippen molar-refractivity contribution < 1.29 is 14.3 Å².